The average molecular weight is 468 g/mol. The summed E-state index contributed by atoms with van der Waals surface area (Å²) in [5, 5.41) is 13.1. The Morgan fingerprint density at radius 1 is 1.21 bits per heavy atom. The van der Waals surface area contributed by atoms with Crippen LogP contribution in [0, 0.1) is 0 Å². The fourth-order valence-electron chi connectivity index (χ4n) is 3.43. The fourth-order valence-corrected chi connectivity index (χ4v) is 3.43. The lowest BCUT2D eigenvalue weighted by atomic mass is 9.97. The summed E-state index contributed by atoms with van der Waals surface area (Å²) < 4.78 is 10.0. The number of nitrogens with one attached hydrogen (secondary N) is 1. The highest BCUT2D eigenvalue weighted by atomic mass is 16.5. The van der Waals surface area contributed by atoms with Gasteiger partial charge in [-0.2, -0.15) is 0 Å². The highest BCUT2D eigenvalue weighted by Crippen LogP contribution is 2.26. The van der Waals surface area contributed by atoms with Crippen LogP contribution < -0.4 is 10.9 Å². The van der Waals surface area contributed by atoms with Crippen molar-refractivity contribution in [2.24, 2.45) is 0 Å². The number of methoxy groups -OCH3 is 1. The number of hydrogen-bond acceptors (Lipinski definition) is 6. The van der Waals surface area contributed by atoms with Gasteiger partial charge in [0.05, 0.1) is 7.11 Å². The third kappa shape index (κ3) is 7.47. The number of hydrogen-bond donors (Lipinski definition) is 2. The molecule has 1 amide bonds. The number of unbranched alkanes of at least 4 members (excludes halogenated alkanes) is 1. The Morgan fingerprint density at radius 3 is 2.59 bits per heavy atom. The number of rotatable bonds is 10. The maximum atomic E-state index is 12.8. The van der Waals surface area contributed by atoms with Crippen molar-refractivity contribution < 1.29 is 23.8 Å². The van der Waals surface area contributed by atoms with Crippen LogP contribution in [0.1, 0.15) is 74.6 Å². The van der Waals surface area contributed by atoms with E-state index in [1.54, 1.807) is 31.2 Å². The predicted molar refractivity (Wildman–Crippen MR) is 133 cm³/mol. The van der Waals surface area contributed by atoms with Crippen molar-refractivity contribution in [3.8, 4) is 5.75 Å². The second-order valence-electron chi connectivity index (χ2n) is 8.41. The minimum Gasteiger partial charge on any atom is -0.507 e. The molecular weight excluding hydrogens is 434 g/mol. The van der Waals surface area contributed by atoms with Crippen LogP contribution in [0.25, 0.3) is 0 Å². The van der Waals surface area contributed by atoms with Crippen molar-refractivity contribution in [2.75, 3.05) is 12.4 Å². The molecule has 1 aromatic carbocycles. The number of aromatic hydroxyl groups is 1. The van der Waals surface area contributed by atoms with E-state index in [0.717, 1.165) is 30.4 Å². The van der Waals surface area contributed by atoms with Gasteiger partial charge in [0.2, 0.25) is 0 Å². The number of amides is 1. The molecular formula is C27H33NO6. The van der Waals surface area contributed by atoms with E-state index < -0.39 is 23.3 Å². The molecule has 7 nitrogen and oxygen atoms in total. The van der Waals surface area contributed by atoms with Crippen molar-refractivity contribution >= 4 is 17.6 Å². The monoisotopic (exact) mass is 467 g/mol. The first kappa shape index (κ1) is 26.6. The van der Waals surface area contributed by atoms with Gasteiger partial charge in [-0.3, -0.25) is 10.1 Å². The van der Waals surface area contributed by atoms with Crippen molar-refractivity contribution in [3.63, 3.8) is 0 Å². The predicted octanol–water partition coefficient (Wildman–Crippen LogP) is 6.14. The van der Waals surface area contributed by atoms with E-state index in [0.29, 0.717) is 17.7 Å². The first-order valence-corrected chi connectivity index (χ1v) is 11.4. The number of allylic oxidation sites excluding steroid dienone is 4. The van der Waals surface area contributed by atoms with Gasteiger partial charge >= 0.3 is 11.7 Å². The number of Topliss-reactive ketones (excluding diaryl/α,β-unsaturated/α-hetero) is 1. The first-order chi connectivity index (χ1) is 16.2. The number of ether oxygens (including phenoxy) is 1. The molecule has 0 radical (unpaired) electrons. The van der Waals surface area contributed by atoms with E-state index in [2.05, 4.69) is 17.0 Å². The molecule has 0 saturated carbocycles. The van der Waals surface area contributed by atoms with E-state index in [9.17, 15) is 19.5 Å². The van der Waals surface area contributed by atoms with Crippen LogP contribution in [0.15, 0.2) is 62.8 Å². The van der Waals surface area contributed by atoms with Crippen molar-refractivity contribution in [3.05, 3.63) is 80.9 Å². The molecule has 0 aliphatic rings. The second-order valence-corrected chi connectivity index (χ2v) is 8.41. The Balaban J connectivity index is 2.20. The Kier molecular flexibility index (Phi) is 9.86. The lowest BCUT2D eigenvalue weighted by Crippen LogP contribution is -2.17. The second kappa shape index (κ2) is 12.6. The summed E-state index contributed by atoms with van der Waals surface area (Å²) in [5.74, 6) is -0.963. The minimum atomic E-state index is -0.868. The lowest BCUT2D eigenvalue weighted by Gasteiger charge is -2.13. The highest BCUT2D eigenvalue weighted by molar-refractivity contribution is 6.09. The van der Waals surface area contributed by atoms with Gasteiger partial charge < -0.3 is 14.3 Å². The molecule has 7 heteroatoms. The number of carbonyl (C=O) groups excluding carboxylic acids is 2. The van der Waals surface area contributed by atoms with Crippen LogP contribution >= 0.6 is 0 Å². The molecule has 0 saturated heterocycles. The summed E-state index contributed by atoms with van der Waals surface area (Å²) in [6.45, 7) is 7.56. The van der Waals surface area contributed by atoms with Crippen molar-refractivity contribution in [2.45, 2.75) is 59.3 Å². The molecule has 1 aromatic heterocycles. The van der Waals surface area contributed by atoms with Gasteiger partial charge in [0, 0.05) is 17.7 Å². The van der Waals surface area contributed by atoms with E-state index in [1.807, 2.05) is 26.0 Å². The molecule has 182 valence electrons. The SMILES string of the molecule is CCCC/C(C)=C/C=C(\C)C(=O)c1c(O)cc(C(C)Cc2cccc(NC(=O)OC)c2)oc1=O. The molecule has 0 bridgehead atoms. The smallest absolute Gasteiger partial charge is 0.411 e. The van der Waals surface area contributed by atoms with E-state index in [-0.39, 0.29) is 17.2 Å². The third-order valence-corrected chi connectivity index (χ3v) is 5.46. The molecule has 2 aromatic rings. The summed E-state index contributed by atoms with van der Waals surface area (Å²) in [5.41, 5.74) is 1.70. The maximum absolute atomic E-state index is 12.8. The van der Waals surface area contributed by atoms with Crippen molar-refractivity contribution in [1.29, 1.82) is 0 Å². The van der Waals surface area contributed by atoms with Crippen LogP contribution in [-0.2, 0) is 11.2 Å². The lowest BCUT2D eigenvalue weighted by molar-refractivity contribution is 0.102. The normalized spacial score (nSPS) is 12.9. The zero-order valence-corrected chi connectivity index (χ0v) is 20.4. The molecule has 1 atom stereocenters. The molecule has 0 spiro atoms. The number of anilines is 1. The Morgan fingerprint density at radius 2 is 1.94 bits per heavy atom. The van der Waals surface area contributed by atoms with Crippen LogP contribution in [-0.4, -0.2) is 24.1 Å². The van der Waals surface area contributed by atoms with Gasteiger partial charge in [0.1, 0.15) is 17.1 Å². The van der Waals surface area contributed by atoms with Gasteiger partial charge in [-0.1, -0.05) is 50.1 Å². The maximum Gasteiger partial charge on any atom is 0.411 e. The first-order valence-electron chi connectivity index (χ1n) is 11.4. The summed E-state index contributed by atoms with van der Waals surface area (Å²) >= 11 is 0. The topological polar surface area (TPSA) is 106 Å². The molecule has 1 heterocycles. The summed E-state index contributed by atoms with van der Waals surface area (Å²) in [6.07, 6.45) is 6.53. The molecule has 0 fully saturated rings. The highest BCUT2D eigenvalue weighted by Gasteiger charge is 2.22. The fraction of sp³-hybridized carbons (Fsp3) is 0.370. The molecule has 2 rings (SSSR count). The number of ketones is 1. The van der Waals surface area contributed by atoms with Crippen molar-refractivity contribution in [1.82, 2.24) is 0 Å². The Hall–Kier alpha value is -3.61. The molecule has 1 unspecified atom stereocenters. The van der Waals surface area contributed by atoms with Crippen LogP contribution in [0.4, 0.5) is 10.5 Å². The molecule has 34 heavy (non-hydrogen) atoms. The van der Waals surface area contributed by atoms with E-state index >= 15 is 0 Å². The zero-order valence-electron chi connectivity index (χ0n) is 20.4. The van der Waals surface area contributed by atoms with E-state index in [1.165, 1.54) is 13.2 Å². The van der Waals surface area contributed by atoms with E-state index in [4.69, 9.17) is 4.42 Å². The van der Waals surface area contributed by atoms with Gasteiger partial charge in [0.25, 0.3) is 0 Å². The van der Waals surface area contributed by atoms with Crippen LogP contribution in [0.5, 0.6) is 5.75 Å². The summed E-state index contributed by atoms with van der Waals surface area (Å²) in [7, 11) is 1.28. The third-order valence-electron chi connectivity index (χ3n) is 5.46. The molecule has 2 N–H and O–H groups in total. The zero-order chi connectivity index (χ0) is 25.3. The van der Waals surface area contributed by atoms with Crippen LogP contribution in [0.2, 0.25) is 0 Å². The Labute approximate surface area is 200 Å². The van der Waals surface area contributed by atoms with Gasteiger partial charge in [-0.15, -0.1) is 0 Å². The minimum absolute atomic E-state index is 0.266. The van der Waals surface area contributed by atoms with Crippen LogP contribution in [0.3, 0.4) is 0 Å². The quantitative estimate of drug-likeness (QED) is 0.247. The van der Waals surface area contributed by atoms with Gasteiger partial charge in [-0.05, 0) is 56.4 Å². The number of benzene rings is 1. The summed E-state index contributed by atoms with van der Waals surface area (Å²) in [4.78, 5) is 36.8. The standard InChI is InChI=1S/C27H33NO6/c1-6-7-9-17(2)12-13-18(3)25(30)24-22(29)16-23(34-26(24)31)19(4)14-20-10-8-11-21(15-20)28-27(32)33-5/h8,10-13,15-16,19,29H,6-7,9,14H2,1-5H3,(H,28,32)/b17-12+,18-13+. The number of carbonyl (C=O) groups is 2. The largest absolute Gasteiger partial charge is 0.507 e. The van der Waals surface area contributed by atoms with Gasteiger partial charge in [0.15, 0.2) is 5.78 Å². The molecule has 0 aliphatic heterocycles. The Bertz CT molecular complexity index is 1140. The molecule has 0 aliphatic carbocycles. The average Bonchev–Trinajstić information content (AvgIpc) is 2.80. The summed E-state index contributed by atoms with van der Waals surface area (Å²) in [6, 6.07) is 8.50. The van der Waals surface area contributed by atoms with Gasteiger partial charge in [-0.25, -0.2) is 9.59 Å².